The number of fused-ring (bicyclic) bond motifs is 1. The normalized spacial score (nSPS) is 10.6. The highest BCUT2D eigenvalue weighted by Gasteiger charge is 2.04. The molecule has 0 spiro atoms. The Bertz CT molecular complexity index is 459. The number of carboxylic acids is 1. The summed E-state index contributed by atoms with van der Waals surface area (Å²) in [5, 5.41) is 9.69. The summed E-state index contributed by atoms with van der Waals surface area (Å²) in [5.41, 5.74) is 2.14. The maximum Gasteiger partial charge on any atom is 0.303 e. The maximum absolute atomic E-state index is 10.4. The van der Waals surface area contributed by atoms with E-state index in [0.29, 0.717) is 6.42 Å². The van der Waals surface area contributed by atoms with Crippen LogP contribution in [0.25, 0.3) is 10.9 Å². The van der Waals surface area contributed by atoms with Gasteiger partial charge in [-0.25, -0.2) is 0 Å². The van der Waals surface area contributed by atoms with Gasteiger partial charge in [-0.05, 0) is 18.1 Å². The number of benzene rings is 1. The average molecular weight is 190 g/mol. The smallest absolute Gasteiger partial charge is 0.303 e. The number of aryl methyl sites for hydroxylation is 1. The van der Waals surface area contributed by atoms with Crippen molar-refractivity contribution in [3.8, 4) is 0 Å². The fraction of sp³-hybridized carbons (Fsp3) is 0.182. The number of aliphatic carboxylic acids is 1. The third kappa shape index (κ3) is 1.62. The Morgan fingerprint density at radius 3 is 2.93 bits per heavy atom. The predicted octanol–water partition coefficient (Wildman–Crippen LogP) is 2.19. The Hall–Kier alpha value is -1.77. The SMILES string of the molecule is O=C(O)CCc1[13cH][nH]c2ccccc12. The van der Waals surface area contributed by atoms with E-state index in [1.165, 1.54) is 0 Å². The molecular formula is C11H11NO2. The van der Waals surface area contributed by atoms with Crippen LogP contribution in [-0.4, -0.2) is 16.1 Å². The molecule has 2 N–H and O–H groups in total. The van der Waals surface area contributed by atoms with Gasteiger partial charge in [0.15, 0.2) is 0 Å². The van der Waals surface area contributed by atoms with Crippen molar-refractivity contribution in [2.75, 3.05) is 0 Å². The lowest BCUT2D eigenvalue weighted by Gasteiger charge is -1.95. The summed E-state index contributed by atoms with van der Waals surface area (Å²) in [4.78, 5) is 13.5. The number of carbonyl (C=O) groups is 1. The molecule has 0 bridgehead atoms. The Kier molecular flexibility index (Phi) is 2.23. The lowest BCUT2D eigenvalue weighted by atomic mass is 10.1. The van der Waals surface area contributed by atoms with Crippen LogP contribution in [0.1, 0.15) is 12.0 Å². The molecule has 0 saturated heterocycles. The number of nitrogens with one attached hydrogen (secondary N) is 1. The van der Waals surface area contributed by atoms with Crippen molar-refractivity contribution in [2.24, 2.45) is 0 Å². The zero-order valence-electron chi connectivity index (χ0n) is 7.66. The fourth-order valence-corrected chi connectivity index (χ4v) is 1.58. The number of para-hydroxylation sites is 1. The third-order valence-corrected chi connectivity index (χ3v) is 2.28. The van der Waals surface area contributed by atoms with E-state index in [-0.39, 0.29) is 6.42 Å². The van der Waals surface area contributed by atoms with Gasteiger partial charge >= 0.3 is 5.97 Å². The number of H-pyrrole nitrogens is 1. The first-order valence-electron chi connectivity index (χ1n) is 4.54. The molecule has 1 aromatic carbocycles. The van der Waals surface area contributed by atoms with Gasteiger partial charge in [0.1, 0.15) is 0 Å². The van der Waals surface area contributed by atoms with Gasteiger partial charge in [0.25, 0.3) is 0 Å². The second-order valence-corrected chi connectivity index (χ2v) is 3.25. The average Bonchev–Trinajstić information content (AvgIpc) is 2.58. The van der Waals surface area contributed by atoms with Gasteiger partial charge in [0.05, 0.1) is 0 Å². The van der Waals surface area contributed by atoms with E-state index in [1.807, 2.05) is 30.5 Å². The summed E-state index contributed by atoms with van der Waals surface area (Å²) in [6.07, 6.45) is 2.65. The van der Waals surface area contributed by atoms with Crippen molar-refractivity contribution in [2.45, 2.75) is 12.8 Å². The standard InChI is InChI=1S/C11H11NO2/c13-11(14)6-5-8-7-12-10-4-2-1-3-9(8)10/h1-4,7,12H,5-6H2,(H,13,14)/i7+1. The zero-order valence-corrected chi connectivity index (χ0v) is 7.66. The van der Waals surface area contributed by atoms with Crippen LogP contribution in [0, 0.1) is 0 Å². The van der Waals surface area contributed by atoms with E-state index in [9.17, 15) is 4.79 Å². The number of carboxylic acid groups (broad SMARTS) is 1. The maximum atomic E-state index is 10.4. The highest BCUT2D eigenvalue weighted by Crippen LogP contribution is 2.18. The quantitative estimate of drug-likeness (QED) is 0.779. The summed E-state index contributed by atoms with van der Waals surface area (Å²) >= 11 is 0. The highest BCUT2D eigenvalue weighted by atomic mass is 16.4. The highest BCUT2D eigenvalue weighted by molar-refractivity contribution is 5.83. The van der Waals surface area contributed by atoms with E-state index in [2.05, 4.69) is 4.98 Å². The van der Waals surface area contributed by atoms with Gasteiger partial charge in [-0.1, -0.05) is 18.2 Å². The van der Waals surface area contributed by atoms with Crippen LogP contribution >= 0.6 is 0 Å². The molecule has 0 atom stereocenters. The van der Waals surface area contributed by atoms with Crippen LogP contribution in [0.4, 0.5) is 0 Å². The molecule has 0 unspecified atom stereocenters. The van der Waals surface area contributed by atoms with E-state index in [1.54, 1.807) is 0 Å². The van der Waals surface area contributed by atoms with Crippen LogP contribution in [0.3, 0.4) is 0 Å². The summed E-state index contributed by atoms with van der Waals surface area (Å²) in [5.74, 6) is -0.754. The molecule has 1 aromatic heterocycles. The zero-order chi connectivity index (χ0) is 9.97. The number of rotatable bonds is 3. The molecule has 2 rings (SSSR count). The fourth-order valence-electron chi connectivity index (χ4n) is 1.58. The minimum Gasteiger partial charge on any atom is -0.481 e. The van der Waals surface area contributed by atoms with Crippen LogP contribution in [0.2, 0.25) is 0 Å². The number of aromatic amines is 1. The van der Waals surface area contributed by atoms with Gasteiger partial charge in [-0.15, -0.1) is 0 Å². The van der Waals surface area contributed by atoms with Crippen molar-refractivity contribution in [1.82, 2.24) is 4.98 Å². The second-order valence-electron chi connectivity index (χ2n) is 3.25. The molecule has 0 fully saturated rings. The monoisotopic (exact) mass is 190 g/mol. The minimum absolute atomic E-state index is 0.182. The first-order valence-corrected chi connectivity index (χ1v) is 4.54. The minimum atomic E-state index is -0.754. The van der Waals surface area contributed by atoms with Gasteiger partial charge in [-0.2, -0.15) is 0 Å². The summed E-state index contributed by atoms with van der Waals surface area (Å²) in [6, 6.07) is 7.91. The molecule has 0 radical (unpaired) electrons. The van der Waals surface area contributed by atoms with Gasteiger partial charge < -0.3 is 10.1 Å². The van der Waals surface area contributed by atoms with Gasteiger partial charge in [0, 0.05) is 23.5 Å². The van der Waals surface area contributed by atoms with Gasteiger partial charge in [0.2, 0.25) is 0 Å². The number of hydrogen-bond donors (Lipinski definition) is 2. The largest absolute Gasteiger partial charge is 0.481 e. The Morgan fingerprint density at radius 1 is 1.36 bits per heavy atom. The molecule has 3 nitrogen and oxygen atoms in total. The van der Waals surface area contributed by atoms with E-state index >= 15 is 0 Å². The Morgan fingerprint density at radius 2 is 2.14 bits per heavy atom. The van der Waals surface area contributed by atoms with E-state index in [4.69, 9.17) is 5.11 Å². The predicted molar refractivity (Wildman–Crippen MR) is 54.3 cm³/mol. The van der Waals surface area contributed by atoms with Crippen LogP contribution in [0.5, 0.6) is 0 Å². The van der Waals surface area contributed by atoms with Gasteiger partial charge in [-0.3, -0.25) is 4.79 Å². The number of aromatic nitrogens is 1. The molecule has 1 heterocycles. The molecule has 14 heavy (non-hydrogen) atoms. The number of hydrogen-bond acceptors (Lipinski definition) is 1. The molecule has 3 heteroatoms. The molecule has 0 aliphatic rings. The van der Waals surface area contributed by atoms with Crippen LogP contribution in [0.15, 0.2) is 30.5 Å². The first kappa shape index (κ1) is 8.81. The van der Waals surface area contributed by atoms with Crippen LogP contribution < -0.4 is 0 Å². The van der Waals surface area contributed by atoms with Crippen molar-refractivity contribution < 1.29 is 9.90 Å². The topological polar surface area (TPSA) is 53.1 Å². The second kappa shape index (κ2) is 3.54. The molecule has 0 amide bonds. The van der Waals surface area contributed by atoms with E-state index < -0.39 is 5.97 Å². The van der Waals surface area contributed by atoms with Crippen molar-refractivity contribution in [3.05, 3.63) is 36.0 Å². The Labute approximate surface area is 81.4 Å². The lowest BCUT2D eigenvalue weighted by molar-refractivity contribution is -0.136. The molecule has 0 saturated carbocycles. The summed E-state index contributed by atoms with van der Waals surface area (Å²) < 4.78 is 0. The molecule has 0 aliphatic carbocycles. The van der Waals surface area contributed by atoms with E-state index in [0.717, 1.165) is 16.5 Å². The van der Waals surface area contributed by atoms with Crippen molar-refractivity contribution in [3.63, 3.8) is 0 Å². The molecule has 0 aliphatic heterocycles. The third-order valence-electron chi connectivity index (χ3n) is 2.28. The first-order chi connectivity index (χ1) is 6.77. The summed E-state index contributed by atoms with van der Waals surface area (Å²) in [6.45, 7) is 0. The molecular weight excluding hydrogens is 179 g/mol. The molecule has 72 valence electrons. The summed E-state index contributed by atoms with van der Waals surface area (Å²) in [7, 11) is 0. The Balaban J connectivity index is 2.29. The lowest BCUT2D eigenvalue weighted by Crippen LogP contribution is -1.96. The van der Waals surface area contributed by atoms with Crippen molar-refractivity contribution >= 4 is 16.9 Å². The van der Waals surface area contributed by atoms with Crippen LogP contribution in [-0.2, 0) is 11.2 Å². The molecule has 2 aromatic rings. The van der Waals surface area contributed by atoms with Crippen molar-refractivity contribution in [1.29, 1.82) is 0 Å².